The van der Waals surface area contributed by atoms with Gasteiger partial charge < -0.3 is 35.6 Å². The lowest BCUT2D eigenvalue weighted by Gasteiger charge is -2.46. The molecule has 5 aromatic rings. The number of aromatic nitrogens is 4. The average molecular weight is 1130 g/mol. The molecule has 3 aliphatic heterocycles. The van der Waals surface area contributed by atoms with E-state index >= 15 is 0 Å². The van der Waals surface area contributed by atoms with E-state index in [-0.39, 0.29) is 71.4 Å². The van der Waals surface area contributed by atoms with E-state index in [2.05, 4.69) is 42.6 Å². The molecule has 0 unspecified atom stereocenters. The highest BCUT2D eigenvalue weighted by Gasteiger charge is 2.47. The number of aliphatic hydroxyl groups is 1. The van der Waals surface area contributed by atoms with E-state index in [1.165, 1.54) is 18.1 Å². The van der Waals surface area contributed by atoms with Gasteiger partial charge in [-0.3, -0.25) is 38.5 Å². The van der Waals surface area contributed by atoms with Gasteiger partial charge >= 0.3 is 6.18 Å². The van der Waals surface area contributed by atoms with Crippen molar-refractivity contribution in [1.29, 1.82) is 0 Å². The summed E-state index contributed by atoms with van der Waals surface area (Å²) in [5, 5.41) is 25.0. The molecule has 6 heterocycles. The maximum atomic E-state index is 14.4. The molecule has 4 aliphatic rings. The molecule has 430 valence electrons. The highest BCUT2D eigenvalue weighted by molar-refractivity contribution is 7.13. The number of piperidine rings is 1. The molecular weight excluding hydrogens is 1050 g/mol. The van der Waals surface area contributed by atoms with Crippen molar-refractivity contribution in [2.45, 2.75) is 129 Å². The number of pyridine rings is 1. The van der Waals surface area contributed by atoms with Gasteiger partial charge in [0.15, 0.2) is 0 Å². The van der Waals surface area contributed by atoms with E-state index in [1.54, 1.807) is 23.5 Å². The number of fused-ring (bicyclic) bond motifs is 1. The lowest BCUT2D eigenvalue weighted by molar-refractivity contribution is -0.145. The number of piperazine rings is 1. The summed E-state index contributed by atoms with van der Waals surface area (Å²) in [7, 11) is 1.43. The van der Waals surface area contributed by atoms with Gasteiger partial charge in [0.2, 0.25) is 23.6 Å². The Kier molecular flexibility index (Phi) is 17.4. The Labute approximate surface area is 468 Å². The molecule has 2 aromatic carbocycles. The van der Waals surface area contributed by atoms with Crippen LogP contribution in [0.1, 0.15) is 113 Å². The number of rotatable bonds is 15. The number of methoxy groups -OCH3 is 1. The smallest absolute Gasteiger partial charge is 0.433 e. The number of likely N-dealkylation sites (tertiary alicyclic amines) is 2. The van der Waals surface area contributed by atoms with Crippen molar-refractivity contribution in [2.24, 2.45) is 16.7 Å². The van der Waals surface area contributed by atoms with Crippen LogP contribution in [0.25, 0.3) is 21.3 Å². The van der Waals surface area contributed by atoms with Crippen LogP contribution in [0.15, 0.2) is 66.3 Å². The van der Waals surface area contributed by atoms with Gasteiger partial charge in [0, 0.05) is 81.8 Å². The molecule has 0 bridgehead atoms. The minimum Gasteiger partial charge on any atom is -0.494 e. The molecule has 80 heavy (non-hydrogen) atoms. The first kappa shape index (κ1) is 58.2. The van der Waals surface area contributed by atoms with E-state index < -0.39 is 41.4 Å². The van der Waals surface area contributed by atoms with Crippen molar-refractivity contribution in [3.8, 4) is 16.2 Å². The summed E-state index contributed by atoms with van der Waals surface area (Å²) in [5.74, 6) is -1.56. The number of alkyl halides is 3. The van der Waals surface area contributed by atoms with Gasteiger partial charge in [0.1, 0.15) is 29.2 Å². The van der Waals surface area contributed by atoms with Gasteiger partial charge in [-0.2, -0.15) is 18.3 Å². The summed E-state index contributed by atoms with van der Waals surface area (Å²) in [6, 6.07) is 12.4. The fraction of sp³-hybridized carbons (Fsp3) is 0.552. The van der Waals surface area contributed by atoms with Gasteiger partial charge in [-0.05, 0) is 99.5 Å². The molecule has 18 nitrogen and oxygen atoms in total. The van der Waals surface area contributed by atoms with E-state index in [0.29, 0.717) is 62.2 Å². The van der Waals surface area contributed by atoms with Crippen LogP contribution in [0.2, 0.25) is 0 Å². The molecule has 0 radical (unpaired) electrons. The Morgan fingerprint density at radius 3 is 2.29 bits per heavy atom. The van der Waals surface area contributed by atoms with Crippen LogP contribution in [0, 0.1) is 23.7 Å². The number of β-amino-alcohol motifs (C(OH)–C–C–N with tert-alkyl or cyclic N) is 1. The van der Waals surface area contributed by atoms with E-state index in [0.717, 1.165) is 79.1 Å². The van der Waals surface area contributed by atoms with Gasteiger partial charge in [-0.25, -0.2) is 9.97 Å². The molecule has 1 spiro atoms. The number of aliphatic hydroxyl groups excluding tert-OH is 1. The second-order valence-corrected chi connectivity index (χ2v) is 24.3. The zero-order chi connectivity index (χ0) is 57.3. The number of nitrogens with zero attached hydrogens (tertiary/aromatic N) is 8. The van der Waals surface area contributed by atoms with Crippen LogP contribution in [-0.2, 0) is 31.9 Å². The fourth-order valence-electron chi connectivity index (χ4n) is 11.9. The Morgan fingerprint density at radius 1 is 0.912 bits per heavy atom. The number of halogens is 3. The first-order valence-corrected chi connectivity index (χ1v) is 28.6. The normalized spacial score (nSPS) is 21.1. The largest absolute Gasteiger partial charge is 0.494 e. The highest BCUT2D eigenvalue weighted by Crippen LogP contribution is 2.47. The third-order valence-electron chi connectivity index (χ3n) is 16.9. The predicted molar refractivity (Wildman–Crippen MR) is 298 cm³/mol. The van der Waals surface area contributed by atoms with Crippen molar-refractivity contribution in [1.82, 2.24) is 50.0 Å². The summed E-state index contributed by atoms with van der Waals surface area (Å²) in [6.07, 6.45) is 1.22. The monoisotopic (exact) mass is 1130 g/mol. The number of aryl methyl sites for hydroxylation is 1. The minimum absolute atomic E-state index is 0.000792. The Bertz CT molecular complexity index is 3050. The number of anilines is 1. The van der Waals surface area contributed by atoms with Crippen molar-refractivity contribution in [3.63, 3.8) is 0 Å². The number of hydrogen-bond donors (Lipinski definition) is 4. The summed E-state index contributed by atoms with van der Waals surface area (Å²) < 4.78 is 47.0. The molecule has 4 fully saturated rings. The second-order valence-electron chi connectivity index (χ2n) is 23.5. The number of thiazole rings is 1. The predicted octanol–water partition coefficient (Wildman–Crippen LogP) is 7.32. The topological polar surface area (TPSA) is 207 Å². The summed E-state index contributed by atoms with van der Waals surface area (Å²) in [6.45, 7) is 17.0. The SMILES string of the molecule is COc1cc2nn(CCN3CCN(CC(=O)N4CCC5(CCC(C(=O)N[C@H](C(=O)N6C[C@H](O)C[C@H]6C(=O)N[C@@H](C)c6ccc(-c7scnc7C)cc6)C(C)(C)C)CC5)CC4)[C@H](C)C3)cc2cc1NC(=O)c1cccc(C(F)(F)F)n1. The zero-order valence-corrected chi connectivity index (χ0v) is 47.5. The Morgan fingerprint density at radius 2 is 1.64 bits per heavy atom. The number of benzene rings is 2. The lowest BCUT2D eigenvalue weighted by Crippen LogP contribution is -2.58. The molecule has 22 heteroatoms. The maximum absolute atomic E-state index is 14.4. The fourth-order valence-corrected chi connectivity index (χ4v) is 12.7. The third-order valence-corrected chi connectivity index (χ3v) is 17.8. The Balaban J connectivity index is 0.707. The van der Waals surface area contributed by atoms with Gasteiger partial charge in [0.25, 0.3) is 5.91 Å². The third kappa shape index (κ3) is 13.3. The van der Waals surface area contributed by atoms with Crippen LogP contribution >= 0.6 is 11.3 Å². The first-order chi connectivity index (χ1) is 38.0. The van der Waals surface area contributed by atoms with Crippen LogP contribution in [0.5, 0.6) is 5.75 Å². The highest BCUT2D eigenvalue weighted by atomic mass is 32.1. The summed E-state index contributed by atoms with van der Waals surface area (Å²) >= 11 is 1.57. The molecular formula is C58H74F3N11O7S. The number of carbonyl (C=O) groups excluding carboxylic acids is 5. The average Bonchev–Trinajstić information content (AvgIpc) is 4.17. The van der Waals surface area contributed by atoms with Crippen LogP contribution in [0.4, 0.5) is 18.9 Å². The van der Waals surface area contributed by atoms with E-state index in [4.69, 9.17) is 9.84 Å². The Hall–Kier alpha value is -6.49. The molecule has 5 atom stereocenters. The van der Waals surface area contributed by atoms with Crippen LogP contribution in [0.3, 0.4) is 0 Å². The quantitative estimate of drug-likeness (QED) is 0.0814. The van der Waals surface area contributed by atoms with Crippen LogP contribution < -0.4 is 20.7 Å². The number of hydrogen-bond acceptors (Lipinski definition) is 13. The number of nitrogens with one attached hydrogen (secondary N) is 3. The standard InChI is InChI=1S/C58H74F3N11O7S/c1-35-30-68(24-26-71-31-41-27-45(47(79-7)29-44(41)67-71)65-53(76)43-9-8-10-48(64-43)58(59,60)61)23-25-70(35)33-49(74)69-21-19-57(20-22-69)17-15-40(16-18-57)52(75)66-51(56(4,5)6)55(78)72-32-42(73)28-46(72)54(77)63-36(2)38-11-13-39(14-12-38)50-37(3)62-34-80-50/h8-14,27,29,31,34-36,40,42,46,51,73H,15-26,28,30,32-33H2,1-7H3,(H,63,77)(H,65,76)(H,66,75)/t35-,36+,42-,46+,51-/m1/s1. The van der Waals surface area contributed by atoms with Gasteiger partial charge in [-0.1, -0.05) is 51.1 Å². The summed E-state index contributed by atoms with van der Waals surface area (Å²) in [4.78, 5) is 86.0. The van der Waals surface area contributed by atoms with E-state index in [1.807, 2.05) is 80.2 Å². The first-order valence-electron chi connectivity index (χ1n) is 27.7. The second kappa shape index (κ2) is 23.9. The van der Waals surface area contributed by atoms with Gasteiger partial charge in [-0.15, -0.1) is 11.3 Å². The molecule has 4 N–H and O–H groups in total. The molecule has 1 saturated carbocycles. The van der Waals surface area contributed by atoms with Gasteiger partial charge in [0.05, 0.1) is 59.6 Å². The molecule has 3 saturated heterocycles. The maximum Gasteiger partial charge on any atom is 0.433 e. The van der Waals surface area contributed by atoms with E-state index in [9.17, 15) is 42.3 Å². The van der Waals surface area contributed by atoms with Crippen LogP contribution in [-0.4, -0.2) is 158 Å². The number of amides is 5. The minimum atomic E-state index is -4.69. The lowest BCUT2D eigenvalue weighted by atomic mass is 9.65. The number of ether oxygens (including phenoxy) is 1. The van der Waals surface area contributed by atoms with Crippen molar-refractivity contribution in [3.05, 3.63) is 88.9 Å². The molecule has 3 aromatic heterocycles. The number of carbonyl (C=O) groups is 5. The zero-order valence-electron chi connectivity index (χ0n) is 46.6. The molecule has 5 amide bonds. The van der Waals surface area contributed by atoms with Crippen molar-refractivity contribution < 1.29 is 47.0 Å². The molecule has 1 aliphatic carbocycles. The van der Waals surface area contributed by atoms with Crippen molar-refractivity contribution >= 4 is 57.5 Å². The molecule has 9 rings (SSSR count). The summed E-state index contributed by atoms with van der Waals surface area (Å²) in [5.41, 5.74) is 3.46. The van der Waals surface area contributed by atoms with Crippen molar-refractivity contribution in [2.75, 3.05) is 64.8 Å².